The van der Waals surface area contributed by atoms with Gasteiger partial charge >= 0.3 is 0 Å². The van der Waals surface area contributed by atoms with E-state index in [9.17, 15) is 9.59 Å². The second-order valence-electron chi connectivity index (χ2n) is 5.30. The Balaban J connectivity index is 2.00. The van der Waals surface area contributed by atoms with Crippen LogP contribution in [0, 0.1) is 11.8 Å². The van der Waals surface area contributed by atoms with Crippen LogP contribution in [0.25, 0.3) is 0 Å². The Hall–Kier alpha value is -0.100. The lowest BCUT2D eigenvalue weighted by Crippen LogP contribution is -2.34. The van der Waals surface area contributed by atoms with Gasteiger partial charge < -0.3 is 0 Å². The second-order valence-corrected chi connectivity index (χ2v) is 8.44. The highest BCUT2D eigenvalue weighted by Gasteiger charge is 2.52. The molecule has 1 aromatic carbocycles. The van der Waals surface area contributed by atoms with Crippen LogP contribution in [0.5, 0.6) is 0 Å². The maximum absolute atomic E-state index is 12.6. The fraction of sp³-hybridized carbons (Fsp3) is 0.429. The summed E-state index contributed by atoms with van der Waals surface area (Å²) in [7, 11) is 0. The third-order valence-electron chi connectivity index (χ3n) is 4.08. The number of hydrogen-bond donors (Lipinski definition) is 0. The third kappa shape index (κ3) is 2.56. The third-order valence-corrected chi connectivity index (χ3v) is 7.63. The number of carbonyl (C=O) groups excluding carboxylic acids is 2. The summed E-state index contributed by atoms with van der Waals surface area (Å²) in [6.07, 6.45) is 1.28. The molecular weight excluding hydrogens is 445 g/mol. The molecule has 4 atom stereocenters. The van der Waals surface area contributed by atoms with Crippen LogP contribution in [0.15, 0.2) is 18.2 Å². The van der Waals surface area contributed by atoms with Gasteiger partial charge in [0.1, 0.15) is 0 Å². The zero-order valence-electron chi connectivity index (χ0n) is 10.7. The smallest absolute Gasteiger partial charge is 0.237 e. The van der Waals surface area contributed by atoms with Crippen molar-refractivity contribution in [3.8, 4) is 0 Å². The van der Waals surface area contributed by atoms with Crippen LogP contribution in [0.2, 0.25) is 10.0 Å². The molecule has 1 aliphatic heterocycles. The molecular formula is C14H11Br2Cl2NO2. The Kier molecular flexibility index (Phi) is 4.39. The van der Waals surface area contributed by atoms with Crippen LogP contribution in [-0.4, -0.2) is 21.5 Å². The Morgan fingerprint density at radius 2 is 1.52 bits per heavy atom. The number of rotatable bonds is 1. The molecule has 0 unspecified atom stereocenters. The first-order chi connectivity index (χ1) is 9.91. The van der Waals surface area contributed by atoms with Gasteiger partial charge in [-0.05, 0) is 25.0 Å². The highest BCUT2D eigenvalue weighted by molar-refractivity contribution is 9.12. The molecule has 21 heavy (non-hydrogen) atoms. The van der Waals surface area contributed by atoms with Gasteiger partial charge in [0, 0.05) is 9.65 Å². The van der Waals surface area contributed by atoms with Crippen molar-refractivity contribution in [1.29, 1.82) is 0 Å². The number of alkyl halides is 2. The predicted octanol–water partition coefficient (Wildman–Crippen LogP) is 4.42. The standard InChI is InChI=1S/C14H11Br2Cl2NO2/c15-8-4-6-7(5-9(8)16)14(21)19(13(6)20)11-3-1-2-10(17)12(11)18/h1-3,6-9H,4-5H2/t6-,7+,8-,9-/m1/s1. The van der Waals surface area contributed by atoms with Crippen molar-refractivity contribution in [1.82, 2.24) is 0 Å². The quantitative estimate of drug-likeness (QED) is 0.464. The van der Waals surface area contributed by atoms with Crippen molar-refractivity contribution in [2.24, 2.45) is 11.8 Å². The summed E-state index contributed by atoms with van der Waals surface area (Å²) in [6.45, 7) is 0. The van der Waals surface area contributed by atoms with Crippen molar-refractivity contribution in [3.05, 3.63) is 28.2 Å². The van der Waals surface area contributed by atoms with Crippen LogP contribution in [0.4, 0.5) is 5.69 Å². The van der Waals surface area contributed by atoms with Gasteiger partial charge in [0.2, 0.25) is 11.8 Å². The van der Waals surface area contributed by atoms with E-state index >= 15 is 0 Å². The van der Waals surface area contributed by atoms with Gasteiger partial charge in [-0.1, -0.05) is 61.1 Å². The summed E-state index contributed by atoms with van der Waals surface area (Å²) in [5, 5.41) is 0.576. The van der Waals surface area contributed by atoms with E-state index in [0.29, 0.717) is 23.6 Å². The average molecular weight is 456 g/mol. The Bertz CT molecular complexity index is 597. The molecule has 0 aromatic heterocycles. The van der Waals surface area contributed by atoms with E-state index in [1.165, 1.54) is 4.90 Å². The lowest BCUT2D eigenvalue weighted by atomic mass is 9.81. The summed E-state index contributed by atoms with van der Waals surface area (Å²) in [5.74, 6) is -0.938. The SMILES string of the molecule is O=C1[C@H]2C[C@@H](Br)[C@H](Br)C[C@H]2C(=O)N1c1cccc(Cl)c1Cl. The van der Waals surface area contributed by atoms with Gasteiger partial charge in [0.15, 0.2) is 0 Å². The van der Waals surface area contributed by atoms with E-state index in [1.807, 2.05) is 0 Å². The molecule has 0 bridgehead atoms. The molecule has 2 amide bonds. The lowest BCUT2D eigenvalue weighted by Gasteiger charge is -2.29. The van der Waals surface area contributed by atoms with E-state index in [0.717, 1.165) is 0 Å². The molecule has 2 fully saturated rings. The molecule has 1 aromatic rings. The van der Waals surface area contributed by atoms with Crippen LogP contribution >= 0.6 is 55.1 Å². The fourth-order valence-corrected chi connectivity index (χ4v) is 4.61. The number of nitrogens with zero attached hydrogens (tertiary/aromatic N) is 1. The molecule has 3 nitrogen and oxygen atoms in total. The van der Waals surface area contributed by atoms with E-state index in [2.05, 4.69) is 31.9 Å². The minimum absolute atomic E-state index is 0.182. The van der Waals surface area contributed by atoms with Crippen molar-refractivity contribution in [3.63, 3.8) is 0 Å². The summed E-state index contributed by atoms with van der Waals surface area (Å²) in [6, 6.07) is 4.97. The molecule has 3 rings (SSSR count). The largest absolute Gasteiger partial charge is 0.274 e. The maximum atomic E-state index is 12.6. The van der Waals surface area contributed by atoms with E-state index in [1.54, 1.807) is 18.2 Å². The van der Waals surface area contributed by atoms with Gasteiger partial charge in [0.25, 0.3) is 0 Å². The normalized spacial score (nSPS) is 32.5. The molecule has 112 valence electrons. The number of halogens is 4. The van der Waals surface area contributed by atoms with Gasteiger partial charge in [-0.15, -0.1) is 0 Å². The molecule has 7 heteroatoms. The van der Waals surface area contributed by atoms with E-state index in [-0.39, 0.29) is 38.3 Å². The van der Waals surface area contributed by atoms with E-state index in [4.69, 9.17) is 23.2 Å². The number of benzene rings is 1. The van der Waals surface area contributed by atoms with Crippen molar-refractivity contribution < 1.29 is 9.59 Å². The summed E-state index contributed by atoms with van der Waals surface area (Å²) < 4.78 is 0. The predicted molar refractivity (Wildman–Crippen MR) is 90.6 cm³/mol. The Morgan fingerprint density at radius 3 is 2.05 bits per heavy atom. The molecule has 1 aliphatic carbocycles. The Morgan fingerprint density at radius 1 is 1.00 bits per heavy atom. The molecule has 0 N–H and O–H groups in total. The number of carbonyl (C=O) groups is 2. The maximum Gasteiger partial charge on any atom is 0.237 e. The zero-order valence-corrected chi connectivity index (χ0v) is 15.4. The molecule has 0 radical (unpaired) electrons. The first-order valence-electron chi connectivity index (χ1n) is 6.51. The number of hydrogen-bond acceptors (Lipinski definition) is 2. The van der Waals surface area contributed by atoms with Gasteiger partial charge in [0.05, 0.1) is 27.6 Å². The molecule has 1 heterocycles. The monoisotopic (exact) mass is 453 g/mol. The highest BCUT2D eigenvalue weighted by Crippen LogP contribution is 2.46. The van der Waals surface area contributed by atoms with Gasteiger partial charge in [-0.2, -0.15) is 0 Å². The Labute approximate surface area is 149 Å². The van der Waals surface area contributed by atoms with E-state index < -0.39 is 0 Å². The van der Waals surface area contributed by atoms with Crippen LogP contribution in [0.1, 0.15) is 12.8 Å². The van der Waals surface area contributed by atoms with Crippen LogP contribution in [0.3, 0.4) is 0 Å². The number of amides is 2. The van der Waals surface area contributed by atoms with Crippen molar-refractivity contribution >= 4 is 72.6 Å². The fourth-order valence-electron chi connectivity index (χ4n) is 3.00. The first kappa shape index (κ1) is 15.8. The topological polar surface area (TPSA) is 37.4 Å². The molecule has 1 saturated heterocycles. The molecule has 0 spiro atoms. The minimum atomic E-state index is -0.286. The lowest BCUT2D eigenvalue weighted by molar-refractivity contribution is -0.122. The van der Waals surface area contributed by atoms with Crippen LogP contribution in [-0.2, 0) is 9.59 Å². The van der Waals surface area contributed by atoms with Gasteiger partial charge in [-0.25, -0.2) is 4.90 Å². The van der Waals surface area contributed by atoms with Crippen molar-refractivity contribution in [2.45, 2.75) is 22.5 Å². The van der Waals surface area contributed by atoms with Crippen molar-refractivity contribution in [2.75, 3.05) is 4.90 Å². The highest BCUT2D eigenvalue weighted by atomic mass is 79.9. The zero-order chi connectivity index (χ0) is 15.3. The number of fused-ring (bicyclic) bond motifs is 1. The summed E-state index contributed by atoms with van der Waals surface area (Å²) in [5.41, 5.74) is 0.380. The van der Waals surface area contributed by atoms with Gasteiger partial charge in [-0.3, -0.25) is 9.59 Å². The summed E-state index contributed by atoms with van der Waals surface area (Å²) in [4.78, 5) is 26.8. The average Bonchev–Trinajstić information content (AvgIpc) is 2.67. The molecule has 1 saturated carbocycles. The van der Waals surface area contributed by atoms with Crippen LogP contribution < -0.4 is 4.90 Å². The summed E-state index contributed by atoms with van der Waals surface area (Å²) >= 11 is 19.3. The second kappa shape index (κ2) is 5.84. The minimum Gasteiger partial charge on any atom is -0.274 e. The first-order valence-corrected chi connectivity index (χ1v) is 9.10. The number of imide groups is 1. The molecule has 2 aliphatic rings. The number of anilines is 1.